The van der Waals surface area contributed by atoms with Crippen molar-refractivity contribution in [1.29, 1.82) is 0 Å². The Labute approximate surface area is 108 Å². The second-order valence-corrected chi connectivity index (χ2v) is 4.65. The van der Waals surface area contributed by atoms with Crippen LogP contribution in [0.4, 0.5) is 5.69 Å². The standard InChI is InChI=1S/C13H12N2O2S/c14-13(17)12-10(6-7-18-12)15-11(16)8-9-4-2-1-3-5-9/h1-7H,8H2,(H2,14,17)(H,15,16). The minimum Gasteiger partial charge on any atom is -0.365 e. The predicted molar refractivity (Wildman–Crippen MR) is 71.6 cm³/mol. The Hall–Kier alpha value is -2.14. The van der Waals surface area contributed by atoms with Crippen LogP contribution in [-0.2, 0) is 11.2 Å². The summed E-state index contributed by atoms with van der Waals surface area (Å²) in [6.07, 6.45) is 0.273. The molecule has 1 heterocycles. The fraction of sp³-hybridized carbons (Fsp3) is 0.0769. The Bertz CT molecular complexity index is 563. The molecule has 0 saturated carbocycles. The van der Waals surface area contributed by atoms with Gasteiger partial charge in [0.1, 0.15) is 4.88 Å². The van der Waals surface area contributed by atoms with Crippen molar-refractivity contribution in [3.05, 3.63) is 52.2 Å². The molecule has 0 bridgehead atoms. The number of rotatable bonds is 4. The van der Waals surface area contributed by atoms with Gasteiger partial charge in [-0.15, -0.1) is 11.3 Å². The Morgan fingerprint density at radius 2 is 1.89 bits per heavy atom. The first-order valence-corrected chi connectivity index (χ1v) is 6.26. The van der Waals surface area contributed by atoms with Gasteiger partial charge < -0.3 is 11.1 Å². The van der Waals surface area contributed by atoms with Crippen molar-refractivity contribution in [3.8, 4) is 0 Å². The van der Waals surface area contributed by atoms with E-state index in [2.05, 4.69) is 5.32 Å². The van der Waals surface area contributed by atoms with Crippen LogP contribution in [0.5, 0.6) is 0 Å². The summed E-state index contributed by atoms with van der Waals surface area (Å²) in [7, 11) is 0. The molecule has 92 valence electrons. The second kappa shape index (κ2) is 5.46. The first kappa shape index (κ1) is 12.3. The largest absolute Gasteiger partial charge is 0.365 e. The van der Waals surface area contributed by atoms with Crippen molar-refractivity contribution in [3.63, 3.8) is 0 Å². The third-order valence-corrected chi connectivity index (χ3v) is 3.30. The molecule has 2 rings (SSSR count). The van der Waals surface area contributed by atoms with E-state index < -0.39 is 5.91 Å². The molecule has 0 unspecified atom stereocenters. The van der Waals surface area contributed by atoms with Gasteiger partial charge in [-0.1, -0.05) is 30.3 Å². The Balaban J connectivity index is 2.04. The highest BCUT2D eigenvalue weighted by Crippen LogP contribution is 2.21. The maximum atomic E-state index is 11.8. The fourth-order valence-corrected chi connectivity index (χ4v) is 2.28. The number of hydrogen-bond acceptors (Lipinski definition) is 3. The van der Waals surface area contributed by atoms with Crippen LogP contribution in [0, 0.1) is 0 Å². The Morgan fingerprint density at radius 1 is 1.17 bits per heavy atom. The highest BCUT2D eigenvalue weighted by molar-refractivity contribution is 7.12. The molecular formula is C13H12N2O2S. The number of carbonyl (C=O) groups is 2. The molecule has 0 aliphatic heterocycles. The second-order valence-electron chi connectivity index (χ2n) is 3.74. The zero-order valence-corrected chi connectivity index (χ0v) is 10.4. The monoisotopic (exact) mass is 260 g/mol. The number of nitrogens with one attached hydrogen (secondary N) is 1. The smallest absolute Gasteiger partial charge is 0.260 e. The molecule has 0 fully saturated rings. The van der Waals surface area contributed by atoms with E-state index in [0.29, 0.717) is 10.6 Å². The predicted octanol–water partition coefficient (Wildman–Crippen LogP) is 2.03. The van der Waals surface area contributed by atoms with E-state index in [0.717, 1.165) is 5.56 Å². The highest BCUT2D eigenvalue weighted by Gasteiger charge is 2.12. The summed E-state index contributed by atoms with van der Waals surface area (Å²) < 4.78 is 0. The molecule has 0 atom stereocenters. The summed E-state index contributed by atoms with van der Waals surface area (Å²) in [5.74, 6) is -0.692. The number of hydrogen-bond donors (Lipinski definition) is 2. The van der Waals surface area contributed by atoms with Crippen molar-refractivity contribution in [2.45, 2.75) is 6.42 Å². The van der Waals surface area contributed by atoms with Gasteiger partial charge in [0.2, 0.25) is 5.91 Å². The zero-order chi connectivity index (χ0) is 13.0. The number of amides is 2. The number of nitrogens with two attached hydrogens (primary N) is 1. The summed E-state index contributed by atoms with van der Waals surface area (Å²) in [6, 6.07) is 11.1. The number of primary amides is 1. The molecule has 1 aromatic heterocycles. The average Bonchev–Trinajstić information content (AvgIpc) is 2.78. The van der Waals surface area contributed by atoms with Gasteiger partial charge in [-0.25, -0.2) is 0 Å². The van der Waals surface area contributed by atoms with E-state index >= 15 is 0 Å². The summed E-state index contributed by atoms with van der Waals surface area (Å²) >= 11 is 1.22. The third-order valence-electron chi connectivity index (χ3n) is 2.37. The quantitative estimate of drug-likeness (QED) is 0.882. The number of benzene rings is 1. The molecule has 0 aliphatic rings. The third kappa shape index (κ3) is 2.95. The molecule has 3 N–H and O–H groups in total. The zero-order valence-electron chi connectivity index (χ0n) is 9.55. The van der Waals surface area contributed by atoms with Crippen LogP contribution in [0.15, 0.2) is 41.8 Å². The fourth-order valence-electron chi connectivity index (χ4n) is 1.57. The lowest BCUT2D eigenvalue weighted by Gasteiger charge is -2.04. The Morgan fingerprint density at radius 3 is 2.56 bits per heavy atom. The van der Waals surface area contributed by atoms with Crippen molar-refractivity contribution in [2.75, 3.05) is 5.32 Å². The van der Waals surface area contributed by atoms with Crippen LogP contribution < -0.4 is 11.1 Å². The summed E-state index contributed by atoms with van der Waals surface area (Å²) in [6.45, 7) is 0. The normalized spacial score (nSPS) is 10.0. The molecule has 2 amide bonds. The van der Waals surface area contributed by atoms with E-state index in [1.807, 2.05) is 30.3 Å². The number of carbonyl (C=O) groups excluding carboxylic acids is 2. The van der Waals surface area contributed by atoms with E-state index in [4.69, 9.17) is 5.73 Å². The highest BCUT2D eigenvalue weighted by atomic mass is 32.1. The van der Waals surface area contributed by atoms with E-state index in [9.17, 15) is 9.59 Å². The van der Waals surface area contributed by atoms with E-state index in [-0.39, 0.29) is 12.3 Å². The average molecular weight is 260 g/mol. The first-order valence-electron chi connectivity index (χ1n) is 5.38. The maximum Gasteiger partial charge on any atom is 0.260 e. The summed E-state index contributed by atoms with van der Waals surface area (Å²) in [4.78, 5) is 23.3. The topological polar surface area (TPSA) is 72.2 Å². The van der Waals surface area contributed by atoms with Crippen molar-refractivity contribution in [1.82, 2.24) is 0 Å². The lowest BCUT2D eigenvalue weighted by molar-refractivity contribution is -0.115. The van der Waals surface area contributed by atoms with Crippen LogP contribution in [0.25, 0.3) is 0 Å². The molecule has 5 heteroatoms. The molecule has 2 aromatic rings. The van der Waals surface area contributed by atoms with Crippen LogP contribution in [0.1, 0.15) is 15.2 Å². The van der Waals surface area contributed by atoms with Gasteiger partial charge in [0.05, 0.1) is 12.1 Å². The molecule has 1 aromatic carbocycles. The van der Waals surface area contributed by atoms with Crippen LogP contribution in [-0.4, -0.2) is 11.8 Å². The molecule has 4 nitrogen and oxygen atoms in total. The SMILES string of the molecule is NC(=O)c1sccc1NC(=O)Cc1ccccc1. The van der Waals surface area contributed by atoms with Gasteiger partial charge in [0, 0.05) is 0 Å². The molecule has 0 saturated heterocycles. The van der Waals surface area contributed by atoms with Gasteiger partial charge >= 0.3 is 0 Å². The molecule has 18 heavy (non-hydrogen) atoms. The molecule has 0 radical (unpaired) electrons. The minimum atomic E-state index is -0.528. The lowest BCUT2D eigenvalue weighted by atomic mass is 10.1. The Kier molecular flexibility index (Phi) is 3.74. The summed E-state index contributed by atoms with van der Waals surface area (Å²) in [5, 5.41) is 4.41. The maximum absolute atomic E-state index is 11.8. The van der Waals surface area contributed by atoms with Gasteiger partial charge in [-0.3, -0.25) is 9.59 Å². The van der Waals surface area contributed by atoms with Crippen molar-refractivity contribution < 1.29 is 9.59 Å². The van der Waals surface area contributed by atoms with Crippen LogP contribution in [0.3, 0.4) is 0 Å². The van der Waals surface area contributed by atoms with Gasteiger partial charge in [-0.05, 0) is 17.0 Å². The molecule has 0 spiro atoms. The van der Waals surface area contributed by atoms with Gasteiger partial charge in [0.15, 0.2) is 0 Å². The van der Waals surface area contributed by atoms with Crippen LogP contribution in [0.2, 0.25) is 0 Å². The van der Waals surface area contributed by atoms with Gasteiger partial charge in [-0.2, -0.15) is 0 Å². The van der Waals surface area contributed by atoms with Crippen LogP contribution >= 0.6 is 11.3 Å². The number of thiophene rings is 1. The minimum absolute atomic E-state index is 0.165. The first-order chi connectivity index (χ1) is 8.66. The van der Waals surface area contributed by atoms with E-state index in [1.54, 1.807) is 11.4 Å². The van der Waals surface area contributed by atoms with Crippen molar-refractivity contribution >= 4 is 28.8 Å². The lowest BCUT2D eigenvalue weighted by Crippen LogP contribution is -2.17. The number of anilines is 1. The van der Waals surface area contributed by atoms with Crippen molar-refractivity contribution in [2.24, 2.45) is 5.73 Å². The van der Waals surface area contributed by atoms with Gasteiger partial charge in [0.25, 0.3) is 5.91 Å². The van der Waals surface area contributed by atoms with E-state index in [1.165, 1.54) is 11.3 Å². The molecule has 0 aliphatic carbocycles. The molecular weight excluding hydrogens is 248 g/mol. The summed E-state index contributed by atoms with van der Waals surface area (Å²) in [5.41, 5.74) is 6.61.